The normalized spacial score (nSPS) is 22.4. The molecule has 7 nitrogen and oxygen atoms in total. The molecular weight excluding hydrogens is 262 g/mol. The number of carbonyl (C=O) groups is 1. The van der Waals surface area contributed by atoms with Gasteiger partial charge in [-0.3, -0.25) is 14.9 Å². The van der Waals surface area contributed by atoms with Crippen molar-refractivity contribution in [2.75, 3.05) is 13.2 Å². The monoisotopic (exact) mass is 281 g/mol. The van der Waals surface area contributed by atoms with Gasteiger partial charge in [-0.05, 0) is 24.7 Å². The van der Waals surface area contributed by atoms with Crippen molar-refractivity contribution in [1.29, 1.82) is 0 Å². The second kappa shape index (κ2) is 6.51. The Morgan fingerprint density at radius 2 is 2.15 bits per heavy atom. The molecule has 1 fully saturated rings. The number of aliphatic hydroxyl groups excluding tert-OH is 1. The van der Waals surface area contributed by atoms with Gasteiger partial charge in [0.25, 0.3) is 11.6 Å². The fourth-order valence-corrected chi connectivity index (χ4v) is 2.73. The minimum Gasteiger partial charge on any atom is -0.396 e. The van der Waals surface area contributed by atoms with Crippen molar-refractivity contribution >= 4 is 11.6 Å². The number of hydrogen-bond donors (Lipinski definition) is 3. The van der Waals surface area contributed by atoms with E-state index in [2.05, 4.69) is 10.3 Å². The molecular formula is C13H19N3O4. The molecule has 1 aromatic rings. The van der Waals surface area contributed by atoms with Gasteiger partial charge in [-0.2, -0.15) is 0 Å². The van der Waals surface area contributed by atoms with Crippen LogP contribution in [0.25, 0.3) is 0 Å². The third-order valence-corrected chi connectivity index (χ3v) is 3.95. The lowest BCUT2D eigenvalue weighted by molar-refractivity contribution is -0.384. The van der Waals surface area contributed by atoms with E-state index in [0.29, 0.717) is 6.54 Å². The van der Waals surface area contributed by atoms with Crippen LogP contribution in [0.1, 0.15) is 36.2 Å². The minimum atomic E-state index is -0.545. The van der Waals surface area contributed by atoms with Crippen LogP contribution in [0.3, 0.4) is 0 Å². The van der Waals surface area contributed by atoms with Gasteiger partial charge in [0.15, 0.2) is 0 Å². The van der Waals surface area contributed by atoms with Gasteiger partial charge in [-0.1, -0.05) is 12.8 Å². The van der Waals surface area contributed by atoms with Crippen molar-refractivity contribution in [3.05, 3.63) is 28.1 Å². The van der Waals surface area contributed by atoms with E-state index in [1.54, 1.807) is 0 Å². The summed E-state index contributed by atoms with van der Waals surface area (Å²) >= 11 is 0. The third-order valence-electron chi connectivity index (χ3n) is 3.95. The maximum absolute atomic E-state index is 11.9. The van der Waals surface area contributed by atoms with Gasteiger partial charge in [-0.25, -0.2) is 0 Å². The van der Waals surface area contributed by atoms with Crippen LogP contribution in [-0.4, -0.2) is 34.1 Å². The summed E-state index contributed by atoms with van der Waals surface area (Å²) in [6.07, 6.45) is 5.43. The molecule has 1 aromatic heterocycles. The molecule has 20 heavy (non-hydrogen) atoms. The predicted octanol–water partition coefficient (Wildman–Crippen LogP) is 1.45. The molecule has 1 aliphatic carbocycles. The maximum Gasteiger partial charge on any atom is 0.287 e. The molecule has 7 heteroatoms. The van der Waals surface area contributed by atoms with Gasteiger partial charge in [0.2, 0.25) is 0 Å². The largest absolute Gasteiger partial charge is 0.396 e. The smallest absolute Gasteiger partial charge is 0.287 e. The Balaban J connectivity index is 1.89. The van der Waals surface area contributed by atoms with Gasteiger partial charge in [0.05, 0.1) is 11.1 Å². The molecule has 1 saturated carbocycles. The van der Waals surface area contributed by atoms with Crippen molar-refractivity contribution in [3.8, 4) is 0 Å². The summed E-state index contributed by atoms with van der Waals surface area (Å²) in [6, 6.07) is 1.22. The van der Waals surface area contributed by atoms with Gasteiger partial charge < -0.3 is 15.4 Å². The number of aliphatic hydroxyl groups is 1. The van der Waals surface area contributed by atoms with E-state index in [9.17, 15) is 20.0 Å². The predicted molar refractivity (Wildman–Crippen MR) is 72.3 cm³/mol. The number of carbonyl (C=O) groups excluding carboxylic acids is 1. The zero-order valence-corrected chi connectivity index (χ0v) is 11.2. The van der Waals surface area contributed by atoms with E-state index in [-0.39, 0.29) is 35.7 Å². The highest BCUT2D eigenvalue weighted by atomic mass is 16.6. The van der Waals surface area contributed by atoms with Crippen LogP contribution in [0.5, 0.6) is 0 Å². The van der Waals surface area contributed by atoms with Crippen molar-refractivity contribution in [1.82, 2.24) is 10.3 Å². The van der Waals surface area contributed by atoms with E-state index >= 15 is 0 Å². The number of hydrogen-bond acceptors (Lipinski definition) is 4. The Bertz CT molecular complexity index is 486. The molecule has 1 amide bonds. The Kier molecular flexibility index (Phi) is 4.73. The molecule has 0 aromatic carbocycles. The number of amides is 1. The van der Waals surface area contributed by atoms with E-state index < -0.39 is 4.92 Å². The van der Waals surface area contributed by atoms with Gasteiger partial charge in [0.1, 0.15) is 5.69 Å². The van der Waals surface area contributed by atoms with Crippen molar-refractivity contribution in [2.24, 2.45) is 11.8 Å². The first-order valence-electron chi connectivity index (χ1n) is 6.83. The highest BCUT2D eigenvalue weighted by Crippen LogP contribution is 2.29. The summed E-state index contributed by atoms with van der Waals surface area (Å²) in [7, 11) is 0. The van der Waals surface area contributed by atoms with Crippen LogP contribution in [0.15, 0.2) is 12.3 Å². The maximum atomic E-state index is 11.9. The molecule has 2 rings (SSSR count). The number of nitro groups is 1. The molecule has 0 bridgehead atoms. The zero-order valence-electron chi connectivity index (χ0n) is 11.2. The highest BCUT2D eigenvalue weighted by molar-refractivity contribution is 5.93. The van der Waals surface area contributed by atoms with E-state index in [1.165, 1.54) is 12.3 Å². The molecule has 0 radical (unpaired) electrons. The number of nitrogens with one attached hydrogen (secondary N) is 2. The first-order valence-corrected chi connectivity index (χ1v) is 6.83. The summed E-state index contributed by atoms with van der Waals surface area (Å²) in [6.45, 7) is 0.644. The number of aromatic nitrogens is 1. The molecule has 1 aliphatic rings. The molecule has 3 N–H and O–H groups in total. The average Bonchev–Trinajstić information content (AvgIpc) is 2.95. The molecule has 0 saturated heterocycles. The average molecular weight is 281 g/mol. The second-order valence-corrected chi connectivity index (χ2v) is 5.23. The van der Waals surface area contributed by atoms with Gasteiger partial charge >= 0.3 is 0 Å². The SMILES string of the molecule is O=C(NCC1CCCCC1CO)c1cc([N+](=O)[O-])c[nH]1. The van der Waals surface area contributed by atoms with E-state index in [0.717, 1.165) is 25.7 Å². The van der Waals surface area contributed by atoms with Crippen molar-refractivity contribution in [2.45, 2.75) is 25.7 Å². The molecule has 2 unspecified atom stereocenters. The van der Waals surface area contributed by atoms with Crippen LogP contribution >= 0.6 is 0 Å². The summed E-state index contributed by atoms with van der Waals surface area (Å²) in [5.41, 5.74) is 0.0640. The minimum absolute atomic E-state index is 0.124. The quantitative estimate of drug-likeness (QED) is 0.560. The highest BCUT2D eigenvalue weighted by Gasteiger charge is 2.25. The van der Waals surface area contributed by atoms with Crippen LogP contribution in [0, 0.1) is 22.0 Å². The Morgan fingerprint density at radius 3 is 2.75 bits per heavy atom. The van der Waals surface area contributed by atoms with Crippen LogP contribution in [0.2, 0.25) is 0 Å². The summed E-state index contributed by atoms with van der Waals surface area (Å²) in [5.74, 6) is 0.171. The molecule has 110 valence electrons. The lowest BCUT2D eigenvalue weighted by Gasteiger charge is -2.30. The second-order valence-electron chi connectivity index (χ2n) is 5.23. The van der Waals surface area contributed by atoms with Gasteiger partial charge in [-0.15, -0.1) is 0 Å². The fraction of sp³-hybridized carbons (Fsp3) is 0.615. The number of aromatic amines is 1. The first kappa shape index (κ1) is 14.5. The topological polar surface area (TPSA) is 108 Å². The summed E-state index contributed by atoms with van der Waals surface area (Å²) in [4.78, 5) is 24.5. The van der Waals surface area contributed by atoms with Crippen LogP contribution in [0.4, 0.5) is 5.69 Å². The number of nitrogens with zero attached hydrogens (tertiary/aromatic N) is 1. The summed E-state index contributed by atoms with van der Waals surface area (Å²) in [5, 5.41) is 22.6. The van der Waals surface area contributed by atoms with E-state index in [4.69, 9.17) is 0 Å². The molecule has 0 aliphatic heterocycles. The zero-order chi connectivity index (χ0) is 14.5. The van der Waals surface area contributed by atoms with Crippen LogP contribution in [-0.2, 0) is 0 Å². The third kappa shape index (κ3) is 3.36. The molecule has 1 heterocycles. The molecule has 2 atom stereocenters. The molecule has 0 spiro atoms. The van der Waals surface area contributed by atoms with Crippen LogP contribution < -0.4 is 5.32 Å². The van der Waals surface area contributed by atoms with E-state index in [1.807, 2.05) is 0 Å². The number of rotatable bonds is 5. The lowest BCUT2D eigenvalue weighted by atomic mass is 9.79. The fourth-order valence-electron chi connectivity index (χ4n) is 2.73. The first-order chi connectivity index (χ1) is 9.61. The Hall–Kier alpha value is -1.89. The Labute approximate surface area is 116 Å². The van der Waals surface area contributed by atoms with Gasteiger partial charge in [0, 0.05) is 19.2 Å². The number of H-pyrrole nitrogens is 1. The lowest BCUT2D eigenvalue weighted by Crippen LogP contribution is -2.35. The Morgan fingerprint density at radius 1 is 1.45 bits per heavy atom. The summed E-state index contributed by atoms with van der Waals surface area (Å²) < 4.78 is 0. The standard InChI is InChI=1S/C13H19N3O4/c17-8-10-4-2-1-3-9(10)6-15-13(18)12-5-11(7-14-12)16(19)20/h5,7,9-10,14,17H,1-4,6,8H2,(H,15,18). The van der Waals surface area contributed by atoms with Crippen molar-refractivity contribution in [3.63, 3.8) is 0 Å². The van der Waals surface area contributed by atoms with Crippen molar-refractivity contribution < 1.29 is 14.8 Å².